The van der Waals surface area contributed by atoms with Gasteiger partial charge in [-0.15, -0.1) is 0 Å². The minimum absolute atomic E-state index is 0.0960. The average molecular weight is 521 g/mol. The van der Waals surface area contributed by atoms with E-state index in [-0.39, 0.29) is 16.7 Å². The quantitative estimate of drug-likeness (QED) is 0.599. The van der Waals surface area contributed by atoms with Gasteiger partial charge in [-0.05, 0) is 70.6 Å². The van der Waals surface area contributed by atoms with Crippen LogP contribution < -0.4 is 10.1 Å². The first kappa shape index (κ1) is 26.1. The number of amides is 1. The van der Waals surface area contributed by atoms with Crippen molar-refractivity contribution < 1.29 is 27.1 Å². The van der Waals surface area contributed by atoms with Gasteiger partial charge in [-0.25, -0.2) is 27.6 Å². The Morgan fingerprint density at radius 2 is 1.86 bits per heavy atom. The zero-order valence-corrected chi connectivity index (χ0v) is 22.1. The van der Waals surface area contributed by atoms with Gasteiger partial charge in [-0.2, -0.15) is 0 Å². The summed E-state index contributed by atoms with van der Waals surface area (Å²) in [5, 5.41) is 2.91. The fourth-order valence-corrected chi connectivity index (χ4v) is 5.55. The van der Waals surface area contributed by atoms with Gasteiger partial charge >= 0.3 is 6.09 Å². The Balaban J connectivity index is 1.40. The van der Waals surface area contributed by atoms with Crippen LogP contribution in [-0.4, -0.2) is 60.9 Å². The summed E-state index contributed by atoms with van der Waals surface area (Å²) in [6.07, 6.45) is 4.18. The van der Waals surface area contributed by atoms with Gasteiger partial charge < -0.3 is 19.7 Å². The predicted molar refractivity (Wildman–Crippen MR) is 133 cm³/mol. The van der Waals surface area contributed by atoms with Gasteiger partial charge in [0, 0.05) is 25.3 Å². The lowest BCUT2D eigenvalue weighted by Gasteiger charge is -2.38. The number of piperidine rings is 1. The Morgan fingerprint density at radius 3 is 2.44 bits per heavy atom. The van der Waals surface area contributed by atoms with Crippen molar-refractivity contribution in [2.24, 2.45) is 17.8 Å². The molecule has 2 aliphatic rings. The number of nitrogens with zero attached hydrogens (tertiary/aromatic N) is 3. The van der Waals surface area contributed by atoms with Gasteiger partial charge in [0.05, 0.1) is 22.8 Å². The van der Waals surface area contributed by atoms with E-state index in [9.17, 15) is 17.6 Å². The lowest BCUT2D eigenvalue weighted by atomic mass is 9.86. The van der Waals surface area contributed by atoms with E-state index < -0.39 is 21.3 Å². The van der Waals surface area contributed by atoms with E-state index in [1.54, 1.807) is 6.92 Å². The van der Waals surface area contributed by atoms with Crippen molar-refractivity contribution in [3.05, 3.63) is 35.9 Å². The SMILES string of the molecule is Cc1c(Nc2ccc(S(C)(=O)=O)cc2F)ncnc1OCC1C2CCC1CN(C(=O)OC(C)(C)C)C2. The number of rotatable bonds is 6. The van der Waals surface area contributed by atoms with Crippen LogP contribution in [0.4, 0.5) is 20.7 Å². The molecule has 9 nitrogen and oxygen atoms in total. The highest BCUT2D eigenvalue weighted by molar-refractivity contribution is 7.90. The highest BCUT2D eigenvalue weighted by Crippen LogP contribution is 2.42. The molecular weight excluding hydrogens is 487 g/mol. The first-order chi connectivity index (χ1) is 16.8. The molecule has 196 valence electrons. The van der Waals surface area contributed by atoms with Gasteiger partial charge in [-0.3, -0.25) is 0 Å². The molecule has 2 fully saturated rings. The number of hydrogen-bond donors (Lipinski definition) is 1. The van der Waals surface area contributed by atoms with Gasteiger partial charge in [0.25, 0.3) is 0 Å². The number of sulfone groups is 1. The van der Waals surface area contributed by atoms with Crippen molar-refractivity contribution >= 4 is 27.4 Å². The van der Waals surface area contributed by atoms with E-state index in [4.69, 9.17) is 9.47 Å². The Morgan fingerprint density at radius 1 is 1.19 bits per heavy atom. The maximum absolute atomic E-state index is 14.5. The molecule has 2 atom stereocenters. The first-order valence-corrected chi connectivity index (χ1v) is 13.9. The number of hydrogen-bond acceptors (Lipinski definition) is 8. The molecule has 1 aliphatic heterocycles. The molecule has 36 heavy (non-hydrogen) atoms. The molecule has 2 unspecified atom stereocenters. The number of ether oxygens (including phenoxy) is 2. The lowest BCUT2D eigenvalue weighted by Crippen LogP contribution is -2.48. The number of halogens is 1. The molecular formula is C25H33FN4O5S. The van der Waals surface area contributed by atoms with Crippen LogP contribution in [0.3, 0.4) is 0 Å². The number of aromatic nitrogens is 2. The third kappa shape index (κ3) is 5.88. The summed E-state index contributed by atoms with van der Waals surface area (Å²) in [5.74, 6) is 1.03. The van der Waals surface area contributed by atoms with E-state index in [0.717, 1.165) is 25.2 Å². The molecule has 1 saturated heterocycles. The van der Waals surface area contributed by atoms with Crippen LogP contribution in [0.15, 0.2) is 29.4 Å². The van der Waals surface area contributed by atoms with Crippen LogP contribution in [-0.2, 0) is 14.6 Å². The van der Waals surface area contributed by atoms with E-state index in [1.807, 2.05) is 25.7 Å². The lowest BCUT2D eigenvalue weighted by molar-refractivity contribution is 0.00314. The summed E-state index contributed by atoms with van der Waals surface area (Å²) in [5.41, 5.74) is 0.190. The molecule has 2 bridgehead atoms. The fourth-order valence-electron chi connectivity index (χ4n) is 4.92. The van der Waals surface area contributed by atoms with Crippen molar-refractivity contribution in [3.63, 3.8) is 0 Å². The summed E-state index contributed by atoms with van der Waals surface area (Å²) >= 11 is 0. The second-order valence-electron chi connectivity index (χ2n) is 10.6. The number of anilines is 2. The minimum Gasteiger partial charge on any atom is -0.477 e. The van der Waals surface area contributed by atoms with Crippen LogP contribution in [0.25, 0.3) is 0 Å². The molecule has 0 spiro atoms. The molecule has 4 rings (SSSR count). The largest absolute Gasteiger partial charge is 0.477 e. The van der Waals surface area contributed by atoms with Crippen molar-refractivity contribution in [3.8, 4) is 5.88 Å². The Hall–Kier alpha value is -2.95. The van der Waals surface area contributed by atoms with Gasteiger partial charge in [0.15, 0.2) is 9.84 Å². The zero-order chi connectivity index (χ0) is 26.3. The van der Waals surface area contributed by atoms with Crippen LogP contribution in [0, 0.1) is 30.5 Å². The van der Waals surface area contributed by atoms with Crippen molar-refractivity contribution in [2.75, 3.05) is 31.3 Å². The number of carbonyl (C=O) groups excluding carboxylic acids is 1. The number of carbonyl (C=O) groups is 1. The molecule has 2 aromatic rings. The normalized spacial score (nSPS) is 21.8. The summed E-state index contributed by atoms with van der Waals surface area (Å²) in [4.78, 5) is 22.7. The van der Waals surface area contributed by atoms with Crippen LogP contribution in [0.5, 0.6) is 5.88 Å². The molecule has 1 aromatic heterocycles. The highest BCUT2D eigenvalue weighted by Gasteiger charge is 2.44. The van der Waals surface area contributed by atoms with Crippen LogP contribution >= 0.6 is 0 Å². The van der Waals surface area contributed by atoms with Gasteiger partial charge in [0.2, 0.25) is 5.88 Å². The molecule has 1 aliphatic carbocycles. The first-order valence-electron chi connectivity index (χ1n) is 12.0. The number of nitrogens with one attached hydrogen (secondary N) is 1. The number of benzene rings is 1. The summed E-state index contributed by atoms with van der Waals surface area (Å²) < 4.78 is 49.5. The second kappa shape index (κ2) is 9.84. The second-order valence-corrected chi connectivity index (χ2v) is 12.7. The molecule has 1 saturated carbocycles. The van der Waals surface area contributed by atoms with Crippen molar-refractivity contribution in [1.82, 2.24) is 14.9 Å². The highest BCUT2D eigenvalue weighted by atomic mass is 32.2. The summed E-state index contributed by atoms with van der Waals surface area (Å²) in [7, 11) is -3.51. The van der Waals surface area contributed by atoms with Gasteiger partial charge in [0.1, 0.15) is 23.6 Å². The smallest absolute Gasteiger partial charge is 0.410 e. The monoisotopic (exact) mass is 520 g/mol. The van der Waals surface area contributed by atoms with E-state index in [0.29, 0.717) is 54.7 Å². The predicted octanol–water partition coefficient (Wildman–Crippen LogP) is 4.34. The van der Waals surface area contributed by atoms with Crippen molar-refractivity contribution in [2.45, 2.75) is 51.0 Å². The molecule has 1 aromatic carbocycles. The maximum Gasteiger partial charge on any atom is 0.410 e. The third-order valence-electron chi connectivity index (χ3n) is 6.75. The van der Waals surface area contributed by atoms with Crippen molar-refractivity contribution in [1.29, 1.82) is 0 Å². The van der Waals surface area contributed by atoms with Gasteiger partial charge in [-0.1, -0.05) is 0 Å². The number of likely N-dealkylation sites (tertiary alicyclic amines) is 1. The zero-order valence-electron chi connectivity index (χ0n) is 21.2. The number of fused-ring (bicyclic) bond motifs is 2. The Labute approximate surface area is 211 Å². The summed E-state index contributed by atoms with van der Waals surface area (Å²) in [6, 6.07) is 3.68. The molecule has 1 N–H and O–H groups in total. The van der Waals surface area contributed by atoms with E-state index in [2.05, 4.69) is 15.3 Å². The average Bonchev–Trinajstić information content (AvgIpc) is 3.00. The fraction of sp³-hybridized carbons (Fsp3) is 0.560. The molecule has 2 heterocycles. The summed E-state index contributed by atoms with van der Waals surface area (Å²) in [6.45, 7) is 9.15. The van der Waals surface area contributed by atoms with Crippen LogP contribution in [0.2, 0.25) is 0 Å². The Kier molecular flexibility index (Phi) is 7.14. The van der Waals surface area contributed by atoms with Crippen LogP contribution in [0.1, 0.15) is 39.2 Å². The topological polar surface area (TPSA) is 111 Å². The standard InChI is InChI=1S/C25H33FN4O5S/c1-15-22(29-21-9-8-18(10-20(21)26)36(5,32)33)27-14-28-23(15)34-13-19-16-6-7-17(19)12-30(11-16)24(31)35-25(2,3)4/h8-10,14,16-17,19H,6-7,11-13H2,1-5H3,(H,27,28,29). The molecule has 11 heteroatoms. The third-order valence-corrected chi connectivity index (χ3v) is 7.86. The minimum atomic E-state index is -3.51. The molecule has 1 amide bonds. The van der Waals surface area contributed by atoms with E-state index in [1.165, 1.54) is 18.5 Å². The molecule has 0 radical (unpaired) electrons. The Bertz CT molecular complexity index is 1230. The van der Waals surface area contributed by atoms with E-state index >= 15 is 0 Å². The maximum atomic E-state index is 14.5.